The minimum Gasteiger partial charge on any atom is -0.300 e. The van der Waals surface area contributed by atoms with Gasteiger partial charge in [0.25, 0.3) is 0 Å². The molecule has 1 atom stereocenters. The van der Waals surface area contributed by atoms with E-state index in [1.54, 1.807) is 0 Å². The average molecular weight is 254 g/mol. The zero-order valence-corrected chi connectivity index (χ0v) is 13.0. The van der Waals surface area contributed by atoms with E-state index in [-0.39, 0.29) is 0 Å². The van der Waals surface area contributed by atoms with Crippen molar-refractivity contribution in [3.05, 3.63) is 0 Å². The van der Waals surface area contributed by atoms with Crippen LogP contribution in [0.4, 0.5) is 0 Å². The van der Waals surface area contributed by atoms with Crippen LogP contribution >= 0.6 is 0 Å². The second-order valence-electron chi connectivity index (χ2n) is 5.68. The third kappa shape index (κ3) is 10.8. The van der Waals surface area contributed by atoms with Crippen LogP contribution in [0.5, 0.6) is 0 Å². The van der Waals surface area contributed by atoms with Crippen molar-refractivity contribution < 1.29 is 4.79 Å². The first-order valence-corrected chi connectivity index (χ1v) is 8.26. The van der Waals surface area contributed by atoms with E-state index in [9.17, 15) is 4.79 Å². The molecule has 0 rings (SSSR count). The van der Waals surface area contributed by atoms with Crippen molar-refractivity contribution in [2.24, 2.45) is 5.92 Å². The minimum absolute atomic E-state index is 0.508. The Kier molecular flexibility index (Phi) is 12.9. The third-order valence-electron chi connectivity index (χ3n) is 3.87. The SMILES string of the molecule is CCCCCCCCC(=O)CC(CC)CCCC. The van der Waals surface area contributed by atoms with Gasteiger partial charge in [0, 0.05) is 12.8 Å². The Labute approximate surface area is 115 Å². The molecule has 1 unspecified atom stereocenters. The summed E-state index contributed by atoms with van der Waals surface area (Å²) in [5, 5.41) is 0. The van der Waals surface area contributed by atoms with Gasteiger partial charge in [-0.05, 0) is 12.3 Å². The highest BCUT2D eigenvalue weighted by molar-refractivity contribution is 5.78. The summed E-state index contributed by atoms with van der Waals surface area (Å²) in [6, 6.07) is 0. The van der Waals surface area contributed by atoms with Crippen molar-refractivity contribution in [2.45, 2.75) is 97.8 Å². The maximum absolute atomic E-state index is 11.9. The predicted octanol–water partition coefficient (Wildman–Crippen LogP) is 5.91. The van der Waals surface area contributed by atoms with Gasteiger partial charge in [-0.1, -0.05) is 78.6 Å². The minimum atomic E-state index is 0.508. The van der Waals surface area contributed by atoms with Crippen LogP contribution in [0.2, 0.25) is 0 Å². The molecule has 0 aromatic rings. The summed E-state index contributed by atoms with van der Waals surface area (Å²) >= 11 is 0. The average Bonchev–Trinajstić information content (AvgIpc) is 2.38. The molecule has 108 valence electrons. The molecule has 1 nitrogen and oxygen atoms in total. The van der Waals surface area contributed by atoms with Crippen LogP contribution in [0.3, 0.4) is 0 Å². The van der Waals surface area contributed by atoms with E-state index in [4.69, 9.17) is 0 Å². The molecule has 1 heteroatoms. The molecule has 0 heterocycles. The topological polar surface area (TPSA) is 17.1 Å². The summed E-state index contributed by atoms with van der Waals surface area (Å²) in [5.41, 5.74) is 0. The van der Waals surface area contributed by atoms with Crippen molar-refractivity contribution in [3.8, 4) is 0 Å². The van der Waals surface area contributed by atoms with E-state index in [1.165, 1.54) is 57.8 Å². The van der Waals surface area contributed by atoms with Crippen molar-refractivity contribution in [1.82, 2.24) is 0 Å². The number of ketones is 1. The summed E-state index contributed by atoms with van der Waals surface area (Å²) in [4.78, 5) is 11.9. The quantitative estimate of drug-likeness (QED) is 0.373. The van der Waals surface area contributed by atoms with Gasteiger partial charge in [0.2, 0.25) is 0 Å². The zero-order chi connectivity index (χ0) is 13.6. The fourth-order valence-corrected chi connectivity index (χ4v) is 2.47. The normalized spacial score (nSPS) is 12.6. The van der Waals surface area contributed by atoms with Crippen LogP contribution in [0.15, 0.2) is 0 Å². The number of carbonyl (C=O) groups is 1. The summed E-state index contributed by atoms with van der Waals surface area (Å²) in [6.07, 6.45) is 14.3. The molecule has 0 amide bonds. The molecule has 0 spiro atoms. The highest BCUT2D eigenvalue weighted by Gasteiger charge is 2.11. The number of hydrogen-bond donors (Lipinski definition) is 0. The Bertz CT molecular complexity index is 186. The molecule has 18 heavy (non-hydrogen) atoms. The van der Waals surface area contributed by atoms with E-state index in [0.29, 0.717) is 11.7 Å². The maximum Gasteiger partial charge on any atom is 0.133 e. The van der Waals surface area contributed by atoms with Gasteiger partial charge in [-0.25, -0.2) is 0 Å². The highest BCUT2D eigenvalue weighted by Crippen LogP contribution is 2.18. The van der Waals surface area contributed by atoms with Crippen LogP contribution in [0.1, 0.15) is 97.8 Å². The summed E-state index contributed by atoms with van der Waals surface area (Å²) < 4.78 is 0. The van der Waals surface area contributed by atoms with Gasteiger partial charge in [-0.15, -0.1) is 0 Å². The van der Waals surface area contributed by atoms with Crippen molar-refractivity contribution >= 4 is 5.78 Å². The first-order valence-electron chi connectivity index (χ1n) is 8.26. The molecular formula is C17H34O. The van der Waals surface area contributed by atoms with E-state index in [1.807, 2.05) is 0 Å². The van der Waals surface area contributed by atoms with E-state index in [0.717, 1.165) is 19.3 Å². The molecule has 0 saturated heterocycles. The van der Waals surface area contributed by atoms with E-state index < -0.39 is 0 Å². The molecule has 0 N–H and O–H groups in total. The fraction of sp³-hybridized carbons (Fsp3) is 0.941. The smallest absolute Gasteiger partial charge is 0.133 e. The van der Waals surface area contributed by atoms with E-state index >= 15 is 0 Å². The summed E-state index contributed by atoms with van der Waals surface area (Å²) in [6.45, 7) is 6.69. The van der Waals surface area contributed by atoms with Crippen molar-refractivity contribution in [1.29, 1.82) is 0 Å². The zero-order valence-electron chi connectivity index (χ0n) is 13.0. The van der Waals surface area contributed by atoms with Gasteiger partial charge < -0.3 is 0 Å². The second kappa shape index (κ2) is 13.1. The van der Waals surface area contributed by atoms with Crippen LogP contribution in [0.25, 0.3) is 0 Å². The molecule has 0 bridgehead atoms. The first-order chi connectivity index (χ1) is 8.74. The maximum atomic E-state index is 11.9. The van der Waals surface area contributed by atoms with Crippen LogP contribution in [-0.2, 0) is 4.79 Å². The predicted molar refractivity (Wildman–Crippen MR) is 80.9 cm³/mol. The molecule has 0 aromatic heterocycles. The number of carbonyl (C=O) groups excluding carboxylic acids is 1. The monoisotopic (exact) mass is 254 g/mol. The van der Waals surface area contributed by atoms with Gasteiger partial charge in [-0.3, -0.25) is 4.79 Å². The summed E-state index contributed by atoms with van der Waals surface area (Å²) in [7, 11) is 0. The largest absolute Gasteiger partial charge is 0.300 e. The lowest BCUT2D eigenvalue weighted by Crippen LogP contribution is -2.07. The Morgan fingerprint density at radius 3 is 2.06 bits per heavy atom. The molecule has 0 aliphatic carbocycles. The van der Waals surface area contributed by atoms with E-state index in [2.05, 4.69) is 20.8 Å². The van der Waals surface area contributed by atoms with Crippen molar-refractivity contribution in [2.75, 3.05) is 0 Å². The van der Waals surface area contributed by atoms with Gasteiger partial charge in [-0.2, -0.15) is 0 Å². The van der Waals surface area contributed by atoms with Gasteiger partial charge in [0.15, 0.2) is 0 Å². The molecule has 0 aliphatic heterocycles. The van der Waals surface area contributed by atoms with Gasteiger partial charge in [0.05, 0.1) is 0 Å². The Morgan fingerprint density at radius 2 is 1.44 bits per heavy atom. The lowest BCUT2D eigenvalue weighted by atomic mass is 9.92. The van der Waals surface area contributed by atoms with Crippen LogP contribution < -0.4 is 0 Å². The Morgan fingerprint density at radius 1 is 0.833 bits per heavy atom. The summed E-state index contributed by atoms with van der Waals surface area (Å²) in [5.74, 6) is 1.16. The fourth-order valence-electron chi connectivity index (χ4n) is 2.47. The Hall–Kier alpha value is -0.330. The molecule has 0 aromatic carbocycles. The molecule has 0 saturated carbocycles. The number of Topliss-reactive ketones (excluding diaryl/α,β-unsaturated/α-hetero) is 1. The molecule has 0 aliphatic rings. The standard InChI is InChI=1S/C17H34O/c1-4-7-9-10-11-12-14-17(18)15-16(6-3)13-8-5-2/h16H,4-15H2,1-3H3. The lowest BCUT2D eigenvalue weighted by molar-refractivity contribution is -0.120. The second-order valence-corrected chi connectivity index (χ2v) is 5.68. The van der Waals surface area contributed by atoms with Crippen molar-refractivity contribution in [3.63, 3.8) is 0 Å². The van der Waals surface area contributed by atoms with Gasteiger partial charge in [0.1, 0.15) is 5.78 Å². The number of unbranched alkanes of at least 4 members (excludes halogenated alkanes) is 6. The van der Waals surface area contributed by atoms with Gasteiger partial charge >= 0.3 is 0 Å². The number of rotatable bonds is 13. The third-order valence-corrected chi connectivity index (χ3v) is 3.87. The Balaban J connectivity index is 3.50. The number of hydrogen-bond acceptors (Lipinski definition) is 1. The first kappa shape index (κ1) is 17.7. The molecular weight excluding hydrogens is 220 g/mol. The molecule has 0 fully saturated rings. The van der Waals surface area contributed by atoms with Crippen LogP contribution in [0, 0.1) is 5.92 Å². The molecule has 0 radical (unpaired) electrons. The highest BCUT2D eigenvalue weighted by atomic mass is 16.1. The lowest BCUT2D eigenvalue weighted by Gasteiger charge is -2.13. The van der Waals surface area contributed by atoms with Crippen LogP contribution in [-0.4, -0.2) is 5.78 Å².